The van der Waals surface area contributed by atoms with E-state index in [9.17, 15) is 18.0 Å². The maximum atomic E-state index is 12.3. The van der Waals surface area contributed by atoms with E-state index in [0.29, 0.717) is 5.56 Å². The van der Waals surface area contributed by atoms with Gasteiger partial charge in [0.05, 0.1) is 7.11 Å². The topological polar surface area (TPSA) is 39.2 Å². The van der Waals surface area contributed by atoms with Crippen LogP contribution in [0.25, 0.3) is 6.08 Å². The van der Waals surface area contributed by atoms with Crippen LogP contribution in [0.2, 0.25) is 0 Å². The number of pyridine rings is 1. The number of esters is 1. The second-order valence-corrected chi connectivity index (χ2v) is 3.23. The summed E-state index contributed by atoms with van der Waals surface area (Å²) in [6, 6.07) is 2.12. The van der Waals surface area contributed by atoms with Crippen LogP contribution in [-0.2, 0) is 15.7 Å². The molecule has 0 saturated heterocycles. The Morgan fingerprint density at radius 2 is 2.06 bits per heavy atom. The molecule has 6 heteroatoms. The zero-order valence-corrected chi connectivity index (χ0v) is 9.21. The fourth-order valence-corrected chi connectivity index (χ4v) is 1.13. The van der Waals surface area contributed by atoms with E-state index >= 15 is 0 Å². The van der Waals surface area contributed by atoms with Crippen molar-refractivity contribution in [2.75, 3.05) is 7.11 Å². The molecule has 0 saturated carbocycles. The molecule has 0 bridgehead atoms. The van der Waals surface area contributed by atoms with Gasteiger partial charge in [0.1, 0.15) is 5.69 Å². The molecular weight excluding hydrogens is 235 g/mol. The number of hydrogen-bond donors (Lipinski definition) is 0. The van der Waals surface area contributed by atoms with E-state index in [-0.39, 0.29) is 5.69 Å². The highest BCUT2D eigenvalue weighted by atomic mass is 19.4. The average Bonchev–Trinajstić information content (AvgIpc) is 2.25. The van der Waals surface area contributed by atoms with Crippen molar-refractivity contribution in [2.24, 2.45) is 0 Å². The summed E-state index contributed by atoms with van der Waals surface area (Å²) < 4.78 is 41.3. The molecule has 0 N–H and O–H groups in total. The van der Waals surface area contributed by atoms with Crippen LogP contribution in [0.3, 0.4) is 0 Å². The van der Waals surface area contributed by atoms with Gasteiger partial charge in [-0.15, -0.1) is 0 Å². The minimum absolute atomic E-state index is 0.194. The van der Waals surface area contributed by atoms with Crippen LogP contribution in [0, 0.1) is 6.92 Å². The molecule has 1 aromatic rings. The minimum atomic E-state index is -4.46. The number of carbonyl (C=O) groups is 1. The lowest BCUT2D eigenvalue weighted by atomic mass is 10.1. The molecule has 0 radical (unpaired) electrons. The van der Waals surface area contributed by atoms with Gasteiger partial charge in [0.2, 0.25) is 0 Å². The van der Waals surface area contributed by atoms with Gasteiger partial charge >= 0.3 is 12.1 Å². The summed E-state index contributed by atoms with van der Waals surface area (Å²) in [6.45, 7) is 1.44. The van der Waals surface area contributed by atoms with Gasteiger partial charge in [-0.1, -0.05) is 6.07 Å². The van der Waals surface area contributed by atoms with Crippen molar-refractivity contribution < 1.29 is 22.7 Å². The highest BCUT2D eigenvalue weighted by molar-refractivity contribution is 5.87. The summed E-state index contributed by atoms with van der Waals surface area (Å²) in [5.41, 5.74) is -0.325. The molecule has 1 aromatic heterocycles. The van der Waals surface area contributed by atoms with E-state index in [1.165, 1.54) is 26.2 Å². The molecule has 0 unspecified atom stereocenters. The van der Waals surface area contributed by atoms with Crippen molar-refractivity contribution in [2.45, 2.75) is 13.1 Å². The first-order valence-electron chi connectivity index (χ1n) is 4.65. The maximum absolute atomic E-state index is 12.3. The van der Waals surface area contributed by atoms with E-state index in [0.717, 1.165) is 12.1 Å². The van der Waals surface area contributed by atoms with Crippen LogP contribution in [0.1, 0.15) is 17.0 Å². The van der Waals surface area contributed by atoms with E-state index in [2.05, 4.69) is 9.72 Å². The Hall–Kier alpha value is -1.85. The van der Waals surface area contributed by atoms with Gasteiger partial charge < -0.3 is 4.74 Å². The Balaban J connectivity index is 2.99. The predicted molar refractivity (Wildman–Crippen MR) is 55.0 cm³/mol. The largest absolute Gasteiger partial charge is 0.466 e. The van der Waals surface area contributed by atoms with Crippen molar-refractivity contribution in [3.05, 3.63) is 35.2 Å². The number of alkyl halides is 3. The molecule has 0 spiro atoms. The number of ether oxygens (including phenoxy) is 1. The molecule has 0 aromatic carbocycles. The van der Waals surface area contributed by atoms with Gasteiger partial charge in [0.15, 0.2) is 0 Å². The van der Waals surface area contributed by atoms with Crippen molar-refractivity contribution in [3.8, 4) is 0 Å². The molecule has 0 amide bonds. The molecule has 1 rings (SSSR count). The Bertz CT molecular complexity index is 453. The molecule has 0 fully saturated rings. The smallest absolute Gasteiger partial charge is 0.433 e. The van der Waals surface area contributed by atoms with Crippen LogP contribution in [0.5, 0.6) is 0 Å². The lowest BCUT2D eigenvalue weighted by Crippen LogP contribution is -2.09. The standard InChI is InChI=1S/C11H10F3NO2/c1-7-8(4-6-10(16)17-2)3-5-9(15-7)11(12,13)14/h3-6H,1-2H3. The fraction of sp³-hybridized carbons (Fsp3) is 0.273. The van der Waals surface area contributed by atoms with Gasteiger partial charge in [0, 0.05) is 11.8 Å². The number of aromatic nitrogens is 1. The third kappa shape index (κ3) is 3.58. The summed E-state index contributed by atoms with van der Waals surface area (Å²) in [5.74, 6) is -0.579. The van der Waals surface area contributed by atoms with E-state index in [1.54, 1.807) is 0 Å². The molecule has 0 atom stereocenters. The van der Waals surface area contributed by atoms with Crippen molar-refractivity contribution in [1.29, 1.82) is 0 Å². The molecule has 17 heavy (non-hydrogen) atoms. The molecule has 0 aliphatic rings. The normalized spacial score (nSPS) is 11.8. The van der Waals surface area contributed by atoms with Gasteiger partial charge in [-0.05, 0) is 24.6 Å². The van der Waals surface area contributed by atoms with Crippen LogP contribution >= 0.6 is 0 Å². The Morgan fingerprint density at radius 3 is 2.53 bits per heavy atom. The molecule has 0 aliphatic heterocycles. The monoisotopic (exact) mass is 245 g/mol. The Kier molecular flexibility index (Phi) is 3.88. The maximum Gasteiger partial charge on any atom is 0.433 e. The lowest BCUT2D eigenvalue weighted by molar-refractivity contribution is -0.141. The average molecular weight is 245 g/mol. The number of hydrogen-bond acceptors (Lipinski definition) is 3. The summed E-state index contributed by atoms with van der Waals surface area (Å²) in [5, 5.41) is 0. The number of aryl methyl sites for hydroxylation is 1. The number of rotatable bonds is 2. The van der Waals surface area contributed by atoms with Gasteiger partial charge in [-0.2, -0.15) is 13.2 Å². The van der Waals surface area contributed by atoms with Crippen LogP contribution in [-0.4, -0.2) is 18.1 Å². The lowest BCUT2D eigenvalue weighted by Gasteiger charge is -2.07. The first kappa shape index (κ1) is 13.2. The van der Waals surface area contributed by atoms with Gasteiger partial charge in [-0.25, -0.2) is 9.78 Å². The fourth-order valence-electron chi connectivity index (χ4n) is 1.13. The first-order chi connectivity index (χ1) is 7.84. The van der Waals surface area contributed by atoms with Crippen LogP contribution in [0.4, 0.5) is 13.2 Å². The number of nitrogens with zero attached hydrogens (tertiary/aromatic N) is 1. The number of methoxy groups -OCH3 is 1. The van der Waals surface area contributed by atoms with Crippen molar-refractivity contribution >= 4 is 12.0 Å². The third-order valence-electron chi connectivity index (χ3n) is 2.02. The Labute approximate surface area is 95.9 Å². The molecule has 92 valence electrons. The van der Waals surface area contributed by atoms with Crippen LogP contribution < -0.4 is 0 Å². The third-order valence-corrected chi connectivity index (χ3v) is 2.02. The molecule has 0 aliphatic carbocycles. The summed E-state index contributed by atoms with van der Waals surface area (Å²) in [4.78, 5) is 14.2. The summed E-state index contributed by atoms with van der Waals surface area (Å²) >= 11 is 0. The first-order valence-corrected chi connectivity index (χ1v) is 4.65. The predicted octanol–water partition coefficient (Wildman–Crippen LogP) is 2.60. The number of carbonyl (C=O) groups excluding carboxylic acids is 1. The highest BCUT2D eigenvalue weighted by Gasteiger charge is 2.32. The zero-order valence-electron chi connectivity index (χ0n) is 9.21. The van der Waals surface area contributed by atoms with E-state index < -0.39 is 17.8 Å². The van der Waals surface area contributed by atoms with Gasteiger partial charge in [-0.3, -0.25) is 0 Å². The quantitative estimate of drug-likeness (QED) is 0.593. The van der Waals surface area contributed by atoms with Crippen molar-refractivity contribution in [1.82, 2.24) is 4.98 Å². The number of halogens is 3. The summed E-state index contributed by atoms with van der Waals surface area (Å²) in [7, 11) is 1.21. The van der Waals surface area contributed by atoms with E-state index in [4.69, 9.17) is 0 Å². The molecule has 3 nitrogen and oxygen atoms in total. The molecule has 1 heterocycles. The van der Waals surface area contributed by atoms with Crippen LogP contribution in [0.15, 0.2) is 18.2 Å². The van der Waals surface area contributed by atoms with Gasteiger partial charge in [0.25, 0.3) is 0 Å². The second kappa shape index (κ2) is 4.99. The molecular formula is C11H10F3NO2. The second-order valence-electron chi connectivity index (χ2n) is 3.23. The highest BCUT2D eigenvalue weighted by Crippen LogP contribution is 2.28. The zero-order chi connectivity index (χ0) is 13.1. The van der Waals surface area contributed by atoms with E-state index in [1.807, 2.05) is 0 Å². The van der Waals surface area contributed by atoms with Crippen molar-refractivity contribution in [3.63, 3.8) is 0 Å². The Morgan fingerprint density at radius 1 is 1.41 bits per heavy atom. The SMILES string of the molecule is COC(=O)C=Cc1ccc(C(F)(F)F)nc1C. The minimum Gasteiger partial charge on any atom is -0.466 e. The summed E-state index contributed by atoms with van der Waals surface area (Å²) in [6.07, 6.45) is -1.99.